The van der Waals surface area contributed by atoms with Gasteiger partial charge in [0, 0.05) is 5.02 Å². The Hall–Kier alpha value is -3.36. The average molecular weight is 444 g/mol. The summed E-state index contributed by atoms with van der Waals surface area (Å²) in [5.74, 6) is 6.37. The molecule has 0 aliphatic heterocycles. The van der Waals surface area contributed by atoms with Gasteiger partial charge in [-0.25, -0.2) is 14.8 Å². The molecule has 0 aliphatic rings. The first-order valence-electron chi connectivity index (χ1n) is 9.42. The molecule has 3 rings (SSSR count). The van der Waals surface area contributed by atoms with Crippen LogP contribution in [-0.4, -0.2) is 28.6 Å². The summed E-state index contributed by atoms with van der Waals surface area (Å²) in [6.45, 7) is 5.14. The van der Waals surface area contributed by atoms with Gasteiger partial charge in [-0.2, -0.15) is 5.90 Å². The van der Waals surface area contributed by atoms with Gasteiger partial charge in [-0.1, -0.05) is 11.6 Å². The molecular weight excluding hydrogens is 422 g/mol. The number of nitrogens with two attached hydrogens (primary N) is 1. The fourth-order valence-corrected chi connectivity index (χ4v) is 2.69. The fourth-order valence-electron chi connectivity index (χ4n) is 2.53. The molecule has 0 aliphatic carbocycles. The minimum atomic E-state index is -0.818. The number of halogens is 1. The molecule has 0 fully saturated rings. The van der Waals surface area contributed by atoms with Crippen molar-refractivity contribution in [1.82, 2.24) is 9.97 Å². The van der Waals surface area contributed by atoms with Gasteiger partial charge in [-0.15, -0.1) is 0 Å². The van der Waals surface area contributed by atoms with Gasteiger partial charge in [-0.3, -0.25) is 0 Å². The number of carbonyl (C=O) groups excluding carboxylic acids is 1. The summed E-state index contributed by atoms with van der Waals surface area (Å²) in [5.41, 5.74) is 2.17. The predicted molar refractivity (Wildman–Crippen MR) is 116 cm³/mol. The van der Waals surface area contributed by atoms with Crippen LogP contribution in [-0.2, 0) is 14.4 Å². The molecule has 0 saturated heterocycles. The van der Waals surface area contributed by atoms with E-state index in [0.717, 1.165) is 5.57 Å². The van der Waals surface area contributed by atoms with Gasteiger partial charge >= 0.3 is 5.97 Å². The third-order valence-corrected chi connectivity index (χ3v) is 4.45. The molecule has 9 heteroatoms. The Kier molecular flexibility index (Phi) is 7.28. The summed E-state index contributed by atoms with van der Waals surface area (Å²) in [6, 6.07) is 12.0. The first kappa shape index (κ1) is 22.3. The minimum Gasteiger partial charge on any atom is -0.479 e. The van der Waals surface area contributed by atoms with Crippen LogP contribution in [0.1, 0.15) is 20.8 Å². The highest BCUT2D eigenvalue weighted by Crippen LogP contribution is 2.25. The van der Waals surface area contributed by atoms with Crippen molar-refractivity contribution in [2.45, 2.75) is 26.9 Å². The van der Waals surface area contributed by atoms with E-state index < -0.39 is 12.1 Å². The molecule has 1 atom stereocenters. The number of benzene rings is 2. The number of hydrogen-bond donors (Lipinski definition) is 1. The van der Waals surface area contributed by atoms with Crippen molar-refractivity contribution in [3.8, 4) is 17.4 Å². The second-order valence-corrected chi connectivity index (χ2v) is 7.26. The molecule has 8 nitrogen and oxygen atoms in total. The minimum absolute atomic E-state index is 0.0584. The highest BCUT2D eigenvalue weighted by molar-refractivity contribution is 6.31. The van der Waals surface area contributed by atoms with Gasteiger partial charge in [0.25, 0.3) is 0 Å². The first-order chi connectivity index (χ1) is 14.9. The number of carbonyl (C=O) groups is 1. The third kappa shape index (κ3) is 6.07. The average Bonchev–Trinajstić information content (AvgIpc) is 2.75. The number of hydrogen-bond acceptors (Lipinski definition) is 8. The molecule has 31 heavy (non-hydrogen) atoms. The monoisotopic (exact) mass is 443 g/mol. The van der Waals surface area contributed by atoms with E-state index in [4.69, 9.17) is 31.7 Å². The van der Waals surface area contributed by atoms with Crippen LogP contribution in [0.5, 0.6) is 17.4 Å². The molecule has 3 aromatic rings. The van der Waals surface area contributed by atoms with Gasteiger partial charge in [-0.05, 0) is 68.8 Å². The summed E-state index contributed by atoms with van der Waals surface area (Å²) in [4.78, 5) is 25.5. The standard InChI is InChI=1S/C22H22ClN3O5/c1-13(2)20(31-24)12-28-22(27)14(3)29-16-5-7-17(8-6-16)30-21-11-25-19-10-15(23)4-9-18(19)26-21/h4-11,14H,12,24H2,1-3H3/t14-/m1/s1. The topological polar surface area (TPSA) is 106 Å². The van der Waals surface area contributed by atoms with E-state index in [9.17, 15) is 4.79 Å². The molecule has 1 aromatic heterocycles. The van der Waals surface area contributed by atoms with Crippen LogP contribution in [0, 0.1) is 0 Å². The number of nitrogens with zero attached hydrogens (tertiary/aromatic N) is 2. The van der Waals surface area contributed by atoms with Crippen molar-refractivity contribution in [2.24, 2.45) is 5.90 Å². The fraction of sp³-hybridized carbons (Fsp3) is 0.227. The Labute approximate surface area is 184 Å². The van der Waals surface area contributed by atoms with Gasteiger partial charge in [0.05, 0.1) is 17.2 Å². The second kappa shape index (κ2) is 10.1. The summed E-state index contributed by atoms with van der Waals surface area (Å²) in [6.07, 6.45) is 0.702. The van der Waals surface area contributed by atoms with Gasteiger partial charge < -0.3 is 19.0 Å². The van der Waals surface area contributed by atoms with Crippen molar-refractivity contribution in [3.63, 3.8) is 0 Å². The highest BCUT2D eigenvalue weighted by Gasteiger charge is 2.17. The van der Waals surface area contributed by atoms with Crippen molar-refractivity contribution in [3.05, 3.63) is 65.0 Å². The maximum atomic E-state index is 12.1. The molecule has 0 unspecified atom stereocenters. The Morgan fingerprint density at radius 3 is 2.48 bits per heavy atom. The molecule has 0 spiro atoms. The number of fused-ring (bicyclic) bond motifs is 1. The molecule has 162 valence electrons. The lowest BCUT2D eigenvalue weighted by Gasteiger charge is -2.15. The van der Waals surface area contributed by atoms with Crippen LogP contribution in [0.25, 0.3) is 11.0 Å². The van der Waals surface area contributed by atoms with Crippen molar-refractivity contribution in [2.75, 3.05) is 6.61 Å². The summed E-state index contributed by atoms with van der Waals surface area (Å²) in [7, 11) is 0. The summed E-state index contributed by atoms with van der Waals surface area (Å²) in [5, 5.41) is 0.592. The number of rotatable bonds is 8. The Balaban J connectivity index is 1.58. The number of aromatic nitrogens is 2. The molecule has 2 aromatic carbocycles. The van der Waals surface area contributed by atoms with Gasteiger partial charge in [0.2, 0.25) is 5.88 Å². The summed E-state index contributed by atoms with van der Waals surface area (Å²) >= 11 is 5.96. The van der Waals surface area contributed by atoms with E-state index >= 15 is 0 Å². The lowest BCUT2D eigenvalue weighted by molar-refractivity contribution is -0.151. The SMILES string of the molecule is CC(C)=C(COC(=O)[C@@H](C)Oc1ccc(Oc2cnc3cc(Cl)ccc3n2)cc1)ON. The normalized spacial score (nSPS) is 11.5. The van der Waals surface area contributed by atoms with E-state index in [0.29, 0.717) is 39.2 Å². The number of ether oxygens (including phenoxy) is 3. The zero-order valence-corrected chi connectivity index (χ0v) is 18.1. The van der Waals surface area contributed by atoms with E-state index in [1.165, 1.54) is 6.20 Å². The molecule has 0 saturated carbocycles. The lowest BCUT2D eigenvalue weighted by Crippen LogP contribution is -2.27. The maximum Gasteiger partial charge on any atom is 0.347 e. The lowest BCUT2D eigenvalue weighted by atomic mass is 10.3. The van der Waals surface area contributed by atoms with Crippen molar-refractivity contribution in [1.29, 1.82) is 0 Å². The van der Waals surface area contributed by atoms with Gasteiger partial charge in [0.15, 0.2) is 18.5 Å². The van der Waals surface area contributed by atoms with E-state index in [1.54, 1.807) is 63.2 Å². The number of esters is 1. The zero-order valence-electron chi connectivity index (χ0n) is 17.3. The number of allylic oxidation sites excluding steroid dienone is 1. The first-order valence-corrected chi connectivity index (χ1v) is 9.80. The second-order valence-electron chi connectivity index (χ2n) is 6.82. The Morgan fingerprint density at radius 1 is 1.10 bits per heavy atom. The van der Waals surface area contributed by atoms with Crippen molar-refractivity contribution < 1.29 is 23.8 Å². The summed E-state index contributed by atoms with van der Waals surface area (Å²) < 4.78 is 16.5. The molecule has 0 bridgehead atoms. The Bertz CT molecular complexity index is 1100. The largest absolute Gasteiger partial charge is 0.479 e. The van der Waals surface area contributed by atoms with E-state index in [2.05, 4.69) is 14.8 Å². The maximum absolute atomic E-state index is 12.1. The zero-order chi connectivity index (χ0) is 22.4. The van der Waals surface area contributed by atoms with E-state index in [1.807, 2.05) is 0 Å². The van der Waals surface area contributed by atoms with Crippen LogP contribution in [0.2, 0.25) is 5.02 Å². The van der Waals surface area contributed by atoms with Gasteiger partial charge in [0.1, 0.15) is 11.5 Å². The molecule has 0 radical (unpaired) electrons. The molecule has 0 amide bonds. The quantitative estimate of drug-likeness (QED) is 0.306. The Morgan fingerprint density at radius 2 is 1.81 bits per heavy atom. The van der Waals surface area contributed by atoms with Crippen LogP contribution >= 0.6 is 11.6 Å². The molecule has 1 heterocycles. The predicted octanol–water partition coefficient (Wildman–Crippen LogP) is 4.57. The smallest absolute Gasteiger partial charge is 0.347 e. The molecular formula is C22H22ClN3O5. The van der Waals surface area contributed by atoms with E-state index in [-0.39, 0.29) is 6.61 Å². The van der Waals surface area contributed by atoms with Crippen LogP contribution in [0.3, 0.4) is 0 Å². The van der Waals surface area contributed by atoms with Crippen molar-refractivity contribution >= 4 is 28.6 Å². The third-order valence-electron chi connectivity index (χ3n) is 4.22. The van der Waals surface area contributed by atoms with Crippen LogP contribution in [0.4, 0.5) is 0 Å². The highest BCUT2D eigenvalue weighted by atomic mass is 35.5. The molecule has 2 N–H and O–H groups in total. The van der Waals surface area contributed by atoms with Crippen LogP contribution < -0.4 is 15.4 Å². The van der Waals surface area contributed by atoms with Crippen LogP contribution in [0.15, 0.2) is 60.0 Å².